The quantitative estimate of drug-likeness (QED) is 0.440. The Bertz CT molecular complexity index is 1070. The van der Waals surface area contributed by atoms with E-state index in [2.05, 4.69) is 9.97 Å². The molecule has 0 unspecified atom stereocenters. The Morgan fingerprint density at radius 1 is 0.909 bits per heavy atom. The Kier molecular flexibility index (Phi) is 8.29. The number of nitrogens with zero attached hydrogens (tertiary/aromatic N) is 4. The minimum absolute atomic E-state index is 0.0654. The highest BCUT2D eigenvalue weighted by Gasteiger charge is 2.14. The lowest BCUT2D eigenvalue weighted by atomic mass is 10.1. The van der Waals surface area contributed by atoms with Crippen molar-refractivity contribution in [3.05, 3.63) is 48.0 Å². The third-order valence-corrected chi connectivity index (χ3v) is 5.66. The number of amides is 1. The maximum absolute atomic E-state index is 12.4. The smallest absolute Gasteiger partial charge is 0.253 e. The van der Waals surface area contributed by atoms with E-state index in [-0.39, 0.29) is 5.91 Å². The maximum Gasteiger partial charge on any atom is 0.253 e. The average Bonchev–Trinajstić information content (AvgIpc) is 2.84. The Morgan fingerprint density at radius 3 is 2.21 bits per heavy atom. The molecule has 0 aliphatic rings. The molecule has 1 heterocycles. The Labute approximate surface area is 195 Å². The van der Waals surface area contributed by atoms with Crippen LogP contribution in [0.25, 0.3) is 10.9 Å². The summed E-state index contributed by atoms with van der Waals surface area (Å²) in [5, 5.41) is 0.735. The number of benzene rings is 2. The van der Waals surface area contributed by atoms with Crippen molar-refractivity contribution in [2.24, 2.45) is 0 Å². The summed E-state index contributed by atoms with van der Waals surface area (Å²) in [4.78, 5) is 25.3. The summed E-state index contributed by atoms with van der Waals surface area (Å²) in [6.45, 7) is 1.57. The topological polar surface area (TPSA) is 93.8 Å². The molecule has 0 aliphatic heterocycles. The van der Waals surface area contributed by atoms with Crippen LogP contribution in [0, 0.1) is 0 Å². The van der Waals surface area contributed by atoms with Gasteiger partial charge < -0.3 is 25.0 Å². The third-order valence-electron chi connectivity index (χ3n) is 5.66. The fourth-order valence-corrected chi connectivity index (χ4v) is 3.69. The molecule has 1 aromatic heterocycles. The van der Waals surface area contributed by atoms with E-state index >= 15 is 0 Å². The van der Waals surface area contributed by atoms with Gasteiger partial charge in [0, 0.05) is 44.2 Å². The highest BCUT2D eigenvalue weighted by atomic mass is 16.5. The number of nitrogens with two attached hydrogens (primary N) is 1. The largest absolute Gasteiger partial charge is 0.493 e. The van der Waals surface area contributed by atoms with Crippen LogP contribution in [0.4, 0.5) is 11.8 Å². The summed E-state index contributed by atoms with van der Waals surface area (Å²) in [5.41, 5.74) is 7.64. The molecule has 0 saturated heterocycles. The molecule has 0 aliphatic carbocycles. The summed E-state index contributed by atoms with van der Waals surface area (Å²) in [7, 11) is 7.00. The Hall–Kier alpha value is -3.55. The third kappa shape index (κ3) is 6.03. The van der Waals surface area contributed by atoms with Gasteiger partial charge in [0.1, 0.15) is 5.82 Å². The van der Waals surface area contributed by atoms with Crippen molar-refractivity contribution in [1.82, 2.24) is 14.9 Å². The second-order valence-corrected chi connectivity index (χ2v) is 8.06. The number of hydrogen-bond acceptors (Lipinski definition) is 7. The van der Waals surface area contributed by atoms with E-state index in [9.17, 15) is 4.79 Å². The monoisotopic (exact) mass is 451 g/mol. The van der Waals surface area contributed by atoms with Gasteiger partial charge in [-0.3, -0.25) is 4.79 Å². The van der Waals surface area contributed by atoms with Crippen molar-refractivity contribution >= 4 is 28.6 Å². The fraction of sp³-hybridized carbons (Fsp3) is 0.400. The number of rotatable bonds is 11. The van der Waals surface area contributed by atoms with Gasteiger partial charge in [0.15, 0.2) is 11.5 Å². The molecule has 0 radical (unpaired) electrons. The molecule has 8 heteroatoms. The summed E-state index contributed by atoms with van der Waals surface area (Å²) in [6, 6.07) is 13.0. The molecule has 1 amide bonds. The molecule has 3 aromatic rings. The zero-order valence-electron chi connectivity index (χ0n) is 19.9. The van der Waals surface area contributed by atoms with Crippen LogP contribution in [-0.2, 0) is 0 Å². The number of carbonyl (C=O) groups is 1. The Balaban J connectivity index is 1.47. The van der Waals surface area contributed by atoms with Gasteiger partial charge in [-0.2, -0.15) is 4.98 Å². The number of aromatic nitrogens is 2. The van der Waals surface area contributed by atoms with Crippen LogP contribution in [-0.4, -0.2) is 62.2 Å². The van der Waals surface area contributed by atoms with Crippen molar-refractivity contribution in [3.63, 3.8) is 0 Å². The van der Waals surface area contributed by atoms with Gasteiger partial charge >= 0.3 is 0 Å². The molecule has 0 spiro atoms. The van der Waals surface area contributed by atoms with Crippen LogP contribution in [0.5, 0.6) is 11.5 Å². The predicted octanol–water partition coefficient (Wildman–Crippen LogP) is 4.00. The van der Waals surface area contributed by atoms with Crippen molar-refractivity contribution in [2.75, 3.05) is 52.0 Å². The number of unbranched alkanes of at least 4 members (excludes halogenated alkanes) is 3. The van der Waals surface area contributed by atoms with E-state index < -0.39 is 0 Å². The maximum atomic E-state index is 12.4. The molecule has 2 N–H and O–H groups in total. The molecule has 0 bridgehead atoms. The average molecular weight is 452 g/mol. The van der Waals surface area contributed by atoms with Crippen molar-refractivity contribution in [3.8, 4) is 11.5 Å². The van der Waals surface area contributed by atoms with E-state index in [0.29, 0.717) is 28.8 Å². The van der Waals surface area contributed by atoms with Crippen LogP contribution in [0.1, 0.15) is 36.0 Å². The number of fused-ring (bicyclic) bond motifs is 1. The highest BCUT2D eigenvalue weighted by Crippen LogP contribution is 2.34. The molecule has 0 atom stereocenters. The summed E-state index contributed by atoms with van der Waals surface area (Å²) >= 11 is 0. The SMILES string of the molecule is COc1cc2nc(N(C)CCCCCCN(C)C(=O)c3ccccc3)nc(N)c2cc1OC. The first kappa shape index (κ1) is 24.1. The molecule has 8 nitrogen and oxygen atoms in total. The molecular formula is C25H33N5O3. The second kappa shape index (κ2) is 11.4. The standard InChI is InChI=1S/C25H33N5O3/c1-29(24(31)18-12-8-7-9-13-18)14-10-5-6-11-15-30(2)25-27-20-17-22(33-4)21(32-3)16-19(20)23(26)28-25/h7-9,12-13,16-17H,5-6,10-11,14-15H2,1-4H3,(H2,26,27,28). The Morgan fingerprint density at radius 2 is 1.55 bits per heavy atom. The molecule has 2 aromatic carbocycles. The van der Waals surface area contributed by atoms with Crippen LogP contribution in [0.15, 0.2) is 42.5 Å². The molecular weight excluding hydrogens is 418 g/mol. The first-order valence-corrected chi connectivity index (χ1v) is 11.2. The van der Waals surface area contributed by atoms with E-state index in [0.717, 1.165) is 49.7 Å². The van der Waals surface area contributed by atoms with E-state index in [1.807, 2.05) is 55.4 Å². The zero-order valence-corrected chi connectivity index (χ0v) is 19.9. The van der Waals surface area contributed by atoms with Crippen LogP contribution in [0.2, 0.25) is 0 Å². The van der Waals surface area contributed by atoms with Gasteiger partial charge in [-0.05, 0) is 31.0 Å². The minimum atomic E-state index is 0.0654. The minimum Gasteiger partial charge on any atom is -0.493 e. The van der Waals surface area contributed by atoms with E-state index in [1.54, 1.807) is 25.2 Å². The van der Waals surface area contributed by atoms with Gasteiger partial charge in [-0.15, -0.1) is 0 Å². The van der Waals surface area contributed by atoms with Crippen LogP contribution >= 0.6 is 0 Å². The van der Waals surface area contributed by atoms with Gasteiger partial charge in [0.05, 0.1) is 19.7 Å². The van der Waals surface area contributed by atoms with Crippen LogP contribution in [0.3, 0.4) is 0 Å². The number of ether oxygens (including phenoxy) is 2. The highest BCUT2D eigenvalue weighted by molar-refractivity contribution is 5.94. The zero-order chi connectivity index (χ0) is 23.8. The second-order valence-electron chi connectivity index (χ2n) is 8.06. The van der Waals surface area contributed by atoms with Gasteiger partial charge in [-0.1, -0.05) is 31.0 Å². The molecule has 3 rings (SSSR count). The number of nitrogen functional groups attached to an aromatic ring is 1. The molecule has 0 fully saturated rings. The lowest BCUT2D eigenvalue weighted by Crippen LogP contribution is -2.27. The number of methoxy groups -OCH3 is 2. The molecule has 33 heavy (non-hydrogen) atoms. The lowest BCUT2D eigenvalue weighted by molar-refractivity contribution is 0.0792. The lowest BCUT2D eigenvalue weighted by Gasteiger charge is -2.19. The predicted molar refractivity (Wildman–Crippen MR) is 132 cm³/mol. The van der Waals surface area contributed by atoms with Crippen LogP contribution < -0.4 is 20.1 Å². The number of carbonyl (C=O) groups excluding carboxylic acids is 1. The molecule has 0 saturated carbocycles. The first-order valence-electron chi connectivity index (χ1n) is 11.2. The first-order chi connectivity index (χ1) is 15.9. The number of hydrogen-bond donors (Lipinski definition) is 1. The van der Waals surface area contributed by atoms with Crippen molar-refractivity contribution < 1.29 is 14.3 Å². The fourth-order valence-electron chi connectivity index (χ4n) is 3.69. The van der Waals surface area contributed by atoms with Crippen molar-refractivity contribution in [1.29, 1.82) is 0 Å². The normalized spacial score (nSPS) is 10.8. The number of anilines is 2. The van der Waals surface area contributed by atoms with Gasteiger partial charge in [-0.25, -0.2) is 4.98 Å². The van der Waals surface area contributed by atoms with E-state index in [1.165, 1.54) is 0 Å². The van der Waals surface area contributed by atoms with Gasteiger partial charge in [0.2, 0.25) is 5.95 Å². The summed E-state index contributed by atoms with van der Waals surface area (Å²) in [6.07, 6.45) is 4.09. The summed E-state index contributed by atoms with van der Waals surface area (Å²) in [5.74, 6) is 2.26. The molecule has 176 valence electrons. The van der Waals surface area contributed by atoms with Gasteiger partial charge in [0.25, 0.3) is 5.91 Å². The van der Waals surface area contributed by atoms with E-state index in [4.69, 9.17) is 15.2 Å². The summed E-state index contributed by atoms with van der Waals surface area (Å²) < 4.78 is 10.7. The van der Waals surface area contributed by atoms with Crippen molar-refractivity contribution in [2.45, 2.75) is 25.7 Å².